The van der Waals surface area contributed by atoms with Crippen molar-refractivity contribution in [1.82, 2.24) is 28.8 Å². The second-order valence-electron chi connectivity index (χ2n) is 8.91. The number of aromatic nitrogens is 5. The second kappa shape index (κ2) is 9.61. The van der Waals surface area contributed by atoms with Gasteiger partial charge >= 0.3 is 0 Å². The first-order valence-electron chi connectivity index (χ1n) is 11.8. The summed E-state index contributed by atoms with van der Waals surface area (Å²) in [6, 6.07) is 14.5. The van der Waals surface area contributed by atoms with Gasteiger partial charge in [0.2, 0.25) is 0 Å². The van der Waals surface area contributed by atoms with Gasteiger partial charge in [-0.15, -0.1) is 0 Å². The Balaban J connectivity index is 1.60. The molecule has 1 unspecified atom stereocenters. The predicted molar refractivity (Wildman–Crippen MR) is 137 cm³/mol. The SMILES string of the molecule is Cc1ccc2nc3c(cc(C(=O)NC(C)c4ccccc4)c(=N)n3CCCn3ccnc3)c(=O)n2c1. The van der Waals surface area contributed by atoms with Gasteiger partial charge in [-0.25, -0.2) is 9.97 Å². The highest BCUT2D eigenvalue weighted by Gasteiger charge is 2.19. The molecule has 9 nitrogen and oxygen atoms in total. The lowest BCUT2D eigenvalue weighted by Crippen LogP contribution is -2.36. The van der Waals surface area contributed by atoms with Crippen LogP contribution >= 0.6 is 0 Å². The Hall–Kier alpha value is -4.53. The van der Waals surface area contributed by atoms with Crippen molar-refractivity contribution in [2.45, 2.75) is 39.4 Å². The Morgan fingerprint density at radius 1 is 1.14 bits per heavy atom. The number of fused-ring (bicyclic) bond motifs is 2. The van der Waals surface area contributed by atoms with Gasteiger partial charge in [0.1, 0.15) is 16.8 Å². The van der Waals surface area contributed by atoms with Gasteiger partial charge in [0.05, 0.1) is 23.3 Å². The van der Waals surface area contributed by atoms with E-state index in [9.17, 15) is 9.59 Å². The zero-order valence-electron chi connectivity index (χ0n) is 20.2. The molecule has 1 aromatic carbocycles. The third-order valence-electron chi connectivity index (χ3n) is 6.30. The maximum absolute atomic E-state index is 13.5. The Kier molecular flexibility index (Phi) is 6.20. The zero-order chi connectivity index (χ0) is 25.2. The van der Waals surface area contributed by atoms with Crippen LogP contribution in [0.2, 0.25) is 0 Å². The molecule has 5 rings (SSSR count). The molecule has 0 saturated heterocycles. The summed E-state index contributed by atoms with van der Waals surface area (Å²) in [6.07, 6.45) is 7.73. The number of nitrogens with zero attached hydrogens (tertiary/aromatic N) is 5. The lowest BCUT2D eigenvalue weighted by molar-refractivity contribution is 0.0937. The minimum absolute atomic E-state index is 0.0225. The fraction of sp³-hybridized carbons (Fsp3) is 0.222. The van der Waals surface area contributed by atoms with Crippen molar-refractivity contribution in [2.75, 3.05) is 0 Å². The summed E-state index contributed by atoms with van der Waals surface area (Å²) in [6.45, 7) is 4.89. The van der Waals surface area contributed by atoms with Gasteiger partial charge in [-0.1, -0.05) is 36.4 Å². The first-order valence-corrected chi connectivity index (χ1v) is 11.8. The average Bonchev–Trinajstić information content (AvgIpc) is 3.40. The van der Waals surface area contributed by atoms with Crippen LogP contribution in [0.15, 0.2) is 78.2 Å². The van der Waals surface area contributed by atoms with Crippen molar-refractivity contribution in [3.05, 3.63) is 106 Å². The minimum atomic E-state index is -0.407. The third kappa shape index (κ3) is 4.43. The van der Waals surface area contributed by atoms with Crippen molar-refractivity contribution in [3.8, 4) is 0 Å². The highest BCUT2D eigenvalue weighted by molar-refractivity contribution is 5.97. The van der Waals surface area contributed by atoms with Crippen LogP contribution in [0, 0.1) is 12.3 Å². The number of carbonyl (C=O) groups is 1. The van der Waals surface area contributed by atoms with Gasteiger partial charge < -0.3 is 14.5 Å². The molecule has 182 valence electrons. The molecule has 0 aliphatic carbocycles. The van der Waals surface area contributed by atoms with Crippen LogP contribution in [0.1, 0.15) is 40.9 Å². The summed E-state index contributed by atoms with van der Waals surface area (Å²) in [4.78, 5) is 35.6. The van der Waals surface area contributed by atoms with Crippen molar-refractivity contribution >= 4 is 22.6 Å². The van der Waals surface area contributed by atoms with Crippen molar-refractivity contribution in [2.24, 2.45) is 0 Å². The molecule has 5 aromatic rings. The van der Waals surface area contributed by atoms with Crippen molar-refractivity contribution in [1.29, 1.82) is 5.41 Å². The normalized spacial score (nSPS) is 12.2. The van der Waals surface area contributed by atoms with Crippen LogP contribution in [0.4, 0.5) is 0 Å². The Morgan fingerprint density at radius 3 is 2.69 bits per heavy atom. The molecule has 0 spiro atoms. The first-order chi connectivity index (χ1) is 17.4. The van der Waals surface area contributed by atoms with Gasteiger partial charge in [-0.05, 0) is 43.5 Å². The molecular formula is C27H27N7O2. The largest absolute Gasteiger partial charge is 0.345 e. The number of rotatable bonds is 7. The number of carbonyl (C=O) groups excluding carboxylic acids is 1. The van der Waals surface area contributed by atoms with Crippen LogP contribution in [-0.2, 0) is 13.1 Å². The molecule has 1 atom stereocenters. The van der Waals surface area contributed by atoms with Gasteiger partial charge in [-0.3, -0.25) is 19.4 Å². The summed E-state index contributed by atoms with van der Waals surface area (Å²) >= 11 is 0. The van der Waals surface area contributed by atoms with E-state index in [-0.39, 0.29) is 22.7 Å². The third-order valence-corrected chi connectivity index (χ3v) is 6.30. The van der Waals surface area contributed by atoms with E-state index in [0.29, 0.717) is 36.2 Å². The highest BCUT2D eigenvalue weighted by Crippen LogP contribution is 2.15. The van der Waals surface area contributed by atoms with E-state index in [1.54, 1.807) is 29.4 Å². The van der Waals surface area contributed by atoms with Gasteiger partial charge in [0.15, 0.2) is 0 Å². The Morgan fingerprint density at radius 2 is 1.94 bits per heavy atom. The van der Waals surface area contributed by atoms with Crippen LogP contribution in [0.25, 0.3) is 16.7 Å². The number of amides is 1. The summed E-state index contributed by atoms with van der Waals surface area (Å²) in [5, 5.41) is 12.2. The average molecular weight is 482 g/mol. The zero-order valence-corrected chi connectivity index (χ0v) is 20.2. The predicted octanol–water partition coefficient (Wildman–Crippen LogP) is 3.21. The number of benzene rings is 1. The van der Waals surface area contributed by atoms with E-state index in [4.69, 9.17) is 10.4 Å². The molecular weight excluding hydrogens is 454 g/mol. The molecule has 4 heterocycles. The van der Waals surface area contributed by atoms with Gasteiger partial charge in [0, 0.05) is 31.7 Å². The maximum Gasteiger partial charge on any atom is 0.267 e. The number of aryl methyl sites for hydroxylation is 3. The lowest BCUT2D eigenvalue weighted by Gasteiger charge is -2.17. The molecule has 0 saturated carbocycles. The number of hydrogen-bond acceptors (Lipinski definition) is 5. The topological polar surface area (TPSA) is 110 Å². The van der Waals surface area contributed by atoms with E-state index in [1.807, 2.05) is 61.0 Å². The van der Waals surface area contributed by atoms with Crippen LogP contribution in [0.3, 0.4) is 0 Å². The second-order valence-corrected chi connectivity index (χ2v) is 8.91. The molecule has 9 heteroatoms. The smallest absolute Gasteiger partial charge is 0.267 e. The van der Waals surface area contributed by atoms with Crippen LogP contribution < -0.4 is 16.4 Å². The quantitative estimate of drug-likeness (QED) is 0.348. The molecule has 0 aliphatic heterocycles. The summed E-state index contributed by atoms with van der Waals surface area (Å²) in [5.41, 5.74) is 2.66. The number of imidazole rings is 1. The minimum Gasteiger partial charge on any atom is -0.345 e. The number of pyridine rings is 2. The number of nitrogens with one attached hydrogen (secondary N) is 2. The Bertz CT molecular complexity index is 1670. The fourth-order valence-electron chi connectivity index (χ4n) is 4.36. The van der Waals surface area contributed by atoms with Crippen molar-refractivity contribution < 1.29 is 4.79 Å². The van der Waals surface area contributed by atoms with Crippen LogP contribution in [0.5, 0.6) is 0 Å². The molecule has 4 aromatic heterocycles. The molecule has 36 heavy (non-hydrogen) atoms. The maximum atomic E-state index is 13.5. The lowest BCUT2D eigenvalue weighted by atomic mass is 10.1. The standard InChI is InChI=1S/C27H27N7O2/c1-18-9-10-23-31-25-22(27(36)34(23)16-18)15-21(26(35)30-19(2)20-7-4-3-5-8-20)24(28)33(25)13-6-12-32-14-11-29-17-32/h3-5,7-11,14-17,19,28H,6,12-13H2,1-2H3,(H,30,35). The molecule has 2 N–H and O–H groups in total. The molecule has 0 bridgehead atoms. The van der Waals surface area contributed by atoms with Gasteiger partial charge in [0.25, 0.3) is 11.5 Å². The summed E-state index contributed by atoms with van der Waals surface area (Å²) in [5.74, 6) is -0.407. The van der Waals surface area contributed by atoms with E-state index in [1.165, 1.54) is 10.5 Å². The van der Waals surface area contributed by atoms with E-state index >= 15 is 0 Å². The van der Waals surface area contributed by atoms with E-state index in [2.05, 4.69) is 10.3 Å². The molecule has 0 fully saturated rings. The first kappa shape index (κ1) is 23.2. The summed E-state index contributed by atoms with van der Waals surface area (Å²) in [7, 11) is 0. The van der Waals surface area contributed by atoms with E-state index in [0.717, 1.165) is 11.1 Å². The molecule has 1 amide bonds. The van der Waals surface area contributed by atoms with Crippen molar-refractivity contribution in [3.63, 3.8) is 0 Å². The highest BCUT2D eigenvalue weighted by atomic mass is 16.2. The van der Waals surface area contributed by atoms with Crippen LogP contribution in [-0.4, -0.2) is 29.4 Å². The summed E-state index contributed by atoms with van der Waals surface area (Å²) < 4.78 is 5.10. The molecule has 0 radical (unpaired) electrons. The number of hydrogen-bond donors (Lipinski definition) is 2. The van der Waals surface area contributed by atoms with E-state index < -0.39 is 5.91 Å². The Labute approximate surface area is 207 Å². The van der Waals surface area contributed by atoms with Gasteiger partial charge in [-0.2, -0.15) is 0 Å². The molecule has 0 aliphatic rings. The fourth-order valence-corrected chi connectivity index (χ4v) is 4.36. The monoisotopic (exact) mass is 481 g/mol.